The monoisotopic (exact) mass is 319 g/mol. The molecular formula is C17H17N7. The first-order valence-electron chi connectivity index (χ1n) is 7.72. The molecule has 0 aliphatic heterocycles. The third-order valence-corrected chi connectivity index (χ3v) is 3.84. The average Bonchev–Trinajstić information content (AvgIpc) is 3.18. The molecule has 0 saturated carbocycles. The standard InChI is InChI=1S/C17H17N7/c1-12-6-7-17-19-15(11-23(17)10-12)9-18-14-4-3-5-16(8-14)24-13(2)20-21-22-24/h3-8,10-11,18H,9H2,1-2H3. The minimum absolute atomic E-state index is 0.652. The summed E-state index contributed by atoms with van der Waals surface area (Å²) >= 11 is 0. The fraction of sp³-hybridized carbons (Fsp3) is 0.176. The van der Waals surface area contributed by atoms with Crippen molar-refractivity contribution in [1.29, 1.82) is 0 Å². The first-order chi connectivity index (χ1) is 11.7. The van der Waals surface area contributed by atoms with E-state index in [1.807, 2.05) is 47.9 Å². The average molecular weight is 319 g/mol. The molecule has 7 nitrogen and oxygen atoms in total. The fourth-order valence-corrected chi connectivity index (χ4v) is 2.65. The van der Waals surface area contributed by atoms with Gasteiger partial charge in [0.1, 0.15) is 5.65 Å². The Kier molecular flexibility index (Phi) is 3.45. The van der Waals surface area contributed by atoms with Crippen LogP contribution in [0.4, 0.5) is 5.69 Å². The minimum Gasteiger partial charge on any atom is -0.379 e. The summed E-state index contributed by atoms with van der Waals surface area (Å²) in [5.74, 6) is 0.753. The summed E-state index contributed by atoms with van der Waals surface area (Å²) < 4.78 is 3.76. The molecule has 4 aromatic rings. The first-order valence-corrected chi connectivity index (χ1v) is 7.72. The summed E-state index contributed by atoms with van der Waals surface area (Å²) in [5, 5.41) is 15.0. The lowest BCUT2D eigenvalue weighted by Crippen LogP contribution is -2.03. The largest absolute Gasteiger partial charge is 0.379 e. The molecule has 3 aromatic heterocycles. The van der Waals surface area contributed by atoms with Crippen molar-refractivity contribution < 1.29 is 0 Å². The molecule has 1 aromatic carbocycles. The van der Waals surface area contributed by atoms with Crippen molar-refractivity contribution in [3.8, 4) is 5.69 Å². The lowest BCUT2D eigenvalue weighted by molar-refractivity contribution is 0.779. The second-order valence-electron chi connectivity index (χ2n) is 5.75. The number of hydrogen-bond acceptors (Lipinski definition) is 5. The van der Waals surface area contributed by atoms with E-state index in [0.29, 0.717) is 6.54 Å². The molecule has 1 N–H and O–H groups in total. The van der Waals surface area contributed by atoms with E-state index in [-0.39, 0.29) is 0 Å². The molecule has 7 heteroatoms. The zero-order valence-corrected chi connectivity index (χ0v) is 13.5. The van der Waals surface area contributed by atoms with Gasteiger partial charge in [0.05, 0.1) is 17.9 Å². The van der Waals surface area contributed by atoms with E-state index in [2.05, 4.69) is 45.0 Å². The third-order valence-electron chi connectivity index (χ3n) is 3.84. The lowest BCUT2D eigenvalue weighted by Gasteiger charge is -2.07. The minimum atomic E-state index is 0.652. The highest BCUT2D eigenvalue weighted by molar-refractivity contribution is 5.51. The number of aryl methyl sites for hydroxylation is 2. The van der Waals surface area contributed by atoms with Gasteiger partial charge < -0.3 is 9.72 Å². The Bertz CT molecular complexity index is 999. The number of rotatable bonds is 4. The Hall–Kier alpha value is -3.22. The van der Waals surface area contributed by atoms with Gasteiger partial charge in [-0.3, -0.25) is 0 Å². The Morgan fingerprint density at radius 1 is 1.08 bits per heavy atom. The van der Waals surface area contributed by atoms with Crippen LogP contribution < -0.4 is 5.32 Å². The number of anilines is 1. The van der Waals surface area contributed by atoms with Crippen LogP contribution >= 0.6 is 0 Å². The fourth-order valence-electron chi connectivity index (χ4n) is 2.65. The van der Waals surface area contributed by atoms with E-state index >= 15 is 0 Å². The number of hydrogen-bond donors (Lipinski definition) is 1. The highest BCUT2D eigenvalue weighted by Crippen LogP contribution is 2.16. The van der Waals surface area contributed by atoms with Crippen molar-refractivity contribution in [3.05, 3.63) is 65.9 Å². The second-order valence-corrected chi connectivity index (χ2v) is 5.75. The van der Waals surface area contributed by atoms with E-state index in [1.165, 1.54) is 5.56 Å². The Labute approximate surface area is 139 Å². The van der Waals surface area contributed by atoms with Gasteiger partial charge in [-0.15, -0.1) is 5.10 Å². The zero-order chi connectivity index (χ0) is 16.5. The number of tetrazole rings is 1. The summed E-state index contributed by atoms with van der Waals surface area (Å²) in [6.07, 6.45) is 4.12. The molecular weight excluding hydrogens is 302 g/mol. The quantitative estimate of drug-likeness (QED) is 0.626. The number of nitrogens with zero attached hydrogens (tertiary/aromatic N) is 6. The molecule has 0 atom stereocenters. The summed E-state index contributed by atoms with van der Waals surface area (Å²) in [5.41, 5.74) is 5.08. The molecule has 0 amide bonds. The van der Waals surface area contributed by atoms with E-state index < -0.39 is 0 Å². The molecule has 0 radical (unpaired) electrons. The maximum absolute atomic E-state index is 4.62. The van der Waals surface area contributed by atoms with Gasteiger partial charge in [-0.1, -0.05) is 12.1 Å². The predicted octanol–water partition coefficient (Wildman–Crippen LogP) is 2.54. The van der Waals surface area contributed by atoms with Crippen LogP contribution in [0, 0.1) is 13.8 Å². The van der Waals surface area contributed by atoms with Crippen LogP contribution in [0.5, 0.6) is 0 Å². The number of benzene rings is 1. The van der Waals surface area contributed by atoms with Crippen LogP contribution in [0.15, 0.2) is 48.8 Å². The van der Waals surface area contributed by atoms with Gasteiger partial charge in [0.15, 0.2) is 5.82 Å². The van der Waals surface area contributed by atoms with Crippen LogP contribution in [0.2, 0.25) is 0 Å². The molecule has 0 spiro atoms. The maximum Gasteiger partial charge on any atom is 0.153 e. The Balaban J connectivity index is 1.54. The highest BCUT2D eigenvalue weighted by Gasteiger charge is 2.05. The lowest BCUT2D eigenvalue weighted by atomic mass is 10.2. The molecule has 3 heterocycles. The first kappa shape index (κ1) is 14.4. The number of pyridine rings is 1. The van der Waals surface area contributed by atoms with Gasteiger partial charge in [-0.05, 0) is 54.1 Å². The molecule has 0 fully saturated rings. The Morgan fingerprint density at radius 3 is 2.83 bits per heavy atom. The van der Waals surface area contributed by atoms with Crippen molar-refractivity contribution in [1.82, 2.24) is 29.6 Å². The van der Waals surface area contributed by atoms with Gasteiger partial charge in [0.25, 0.3) is 0 Å². The molecule has 24 heavy (non-hydrogen) atoms. The third kappa shape index (κ3) is 2.71. The number of aromatic nitrogens is 6. The molecule has 120 valence electrons. The molecule has 0 unspecified atom stereocenters. The van der Waals surface area contributed by atoms with Crippen molar-refractivity contribution in [2.75, 3.05) is 5.32 Å². The second kappa shape index (κ2) is 5.77. The number of nitrogens with one attached hydrogen (secondary N) is 1. The summed E-state index contributed by atoms with van der Waals surface area (Å²) in [6, 6.07) is 12.1. The number of imidazole rings is 1. The van der Waals surface area contributed by atoms with Crippen LogP contribution in [0.1, 0.15) is 17.1 Å². The normalized spacial score (nSPS) is 11.1. The number of fused-ring (bicyclic) bond motifs is 1. The molecule has 0 bridgehead atoms. The zero-order valence-electron chi connectivity index (χ0n) is 13.5. The van der Waals surface area contributed by atoms with Gasteiger partial charge in [0.2, 0.25) is 0 Å². The predicted molar refractivity (Wildman–Crippen MR) is 91.1 cm³/mol. The molecule has 0 aliphatic carbocycles. The molecule has 0 saturated heterocycles. The van der Waals surface area contributed by atoms with Gasteiger partial charge in [-0.2, -0.15) is 4.68 Å². The van der Waals surface area contributed by atoms with Crippen molar-refractivity contribution >= 4 is 11.3 Å². The molecule has 4 rings (SSSR count). The van der Waals surface area contributed by atoms with Crippen molar-refractivity contribution in [2.24, 2.45) is 0 Å². The van der Waals surface area contributed by atoms with E-state index in [4.69, 9.17) is 0 Å². The van der Waals surface area contributed by atoms with E-state index in [9.17, 15) is 0 Å². The van der Waals surface area contributed by atoms with Crippen LogP contribution in [-0.4, -0.2) is 29.6 Å². The summed E-state index contributed by atoms with van der Waals surface area (Å²) in [6.45, 7) is 4.60. The smallest absolute Gasteiger partial charge is 0.153 e. The van der Waals surface area contributed by atoms with Crippen LogP contribution in [-0.2, 0) is 6.54 Å². The Morgan fingerprint density at radius 2 is 2.00 bits per heavy atom. The van der Waals surface area contributed by atoms with Gasteiger partial charge in [0, 0.05) is 18.1 Å². The van der Waals surface area contributed by atoms with E-state index in [0.717, 1.165) is 28.5 Å². The van der Waals surface area contributed by atoms with Crippen molar-refractivity contribution in [3.63, 3.8) is 0 Å². The van der Waals surface area contributed by atoms with Gasteiger partial charge in [-0.25, -0.2) is 4.98 Å². The van der Waals surface area contributed by atoms with Gasteiger partial charge >= 0.3 is 0 Å². The summed E-state index contributed by atoms with van der Waals surface area (Å²) in [4.78, 5) is 4.62. The van der Waals surface area contributed by atoms with Crippen LogP contribution in [0.25, 0.3) is 11.3 Å². The maximum atomic E-state index is 4.62. The SMILES string of the molecule is Cc1ccc2nc(CNc3cccc(-n4nnnc4C)c3)cn2c1. The summed E-state index contributed by atoms with van der Waals surface area (Å²) in [7, 11) is 0. The molecule has 0 aliphatic rings. The highest BCUT2D eigenvalue weighted by atomic mass is 15.5. The van der Waals surface area contributed by atoms with Crippen molar-refractivity contribution in [2.45, 2.75) is 20.4 Å². The van der Waals surface area contributed by atoms with Crippen LogP contribution in [0.3, 0.4) is 0 Å². The topological polar surface area (TPSA) is 72.9 Å². The van der Waals surface area contributed by atoms with E-state index in [1.54, 1.807) is 4.68 Å².